The van der Waals surface area contributed by atoms with Gasteiger partial charge in [-0.3, -0.25) is 0 Å². The summed E-state index contributed by atoms with van der Waals surface area (Å²) in [6.45, 7) is 5.84. The zero-order chi connectivity index (χ0) is 19.0. The van der Waals surface area contributed by atoms with Crippen LogP contribution in [0.4, 0.5) is 0 Å². The number of hydrogen-bond acceptors (Lipinski definition) is 5. The quantitative estimate of drug-likeness (QED) is 0.488. The van der Waals surface area contributed by atoms with Gasteiger partial charge in [0.25, 0.3) is 0 Å². The van der Waals surface area contributed by atoms with E-state index in [0.717, 1.165) is 51.0 Å². The molecule has 0 saturated heterocycles. The van der Waals surface area contributed by atoms with Gasteiger partial charge in [0.2, 0.25) is 0 Å². The first-order valence-corrected chi connectivity index (χ1v) is 10.1. The molecule has 0 unspecified atom stereocenters. The third kappa shape index (κ3) is 4.04. The van der Waals surface area contributed by atoms with Crippen molar-refractivity contribution in [3.05, 3.63) is 63.6 Å². The molecule has 3 aromatic rings. The maximum atomic E-state index is 6.54. The van der Waals surface area contributed by atoms with E-state index in [0.29, 0.717) is 17.1 Å². The highest BCUT2D eigenvalue weighted by Gasteiger charge is 2.33. The minimum absolute atomic E-state index is 0.382. The van der Waals surface area contributed by atoms with Gasteiger partial charge in [0.15, 0.2) is 0 Å². The predicted octanol–water partition coefficient (Wildman–Crippen LogP) is 6.09. The van der Waals surface area contributed by atoms with Crippen molar-refractivity contribution in [3.8, 4) is 16.6 Å². The highest BCUT2D eigenvalue weighted by molar-refractivity contribution is 7.16. The largest absolute Gasteiger partial charge is 0.429 e. The van der Waals surface area contributed by atoms with Gasteiger partial charge in [-0.05, 0) is 45.6 Å². The van der Waals surface area contributed by atoms with Crippen molar-refractivity contribution >= 4 is 28.5 Å². The van der Waals surface area contributed by atoms with Crippen LogP contribution >= 0.6 is 22.9 Å². The summed E-state index contributed by atoms with van der Waals surface area (Å²) in [7, 11) is 0. The normalized spacial score (nSPS) is 14.8. The Bertz CT molecular complexity index is 989. The van der Waals surface area contributed by atoms with Crippen molar-refractivity contribution in [1.29, 1.82) is 0 Å². The minimum Gasteiger partial charge on any atom is -0.429 e. The first-order valence-electron chi connectivity index (χ1n) is 8.94. The molecule has 4 nitrogen and oxygen atoms in total. The van der Waals surface area contributed by atoms with Crippen LogP contribution in [0.2, 0.25) is 5.15 Å². The van der Waals surface area contributed by atoms with Gasteiger partial charge in [0, 0.05) is 22.5 Å². The lowest BCUT2D eigenvalue weighted by atomic mass is 10.1. The van der Waals surface area contributed by atoms with Crippen molar-refractivity contribution in [1.82, 2.24) is 15.0 Å². The molecule has 2 aromatic heterocycles. The lowest BCUT2D eigenvalue weighted by molar-refractivity contribution is 0.391. The molecular weight excluding hydrogens is 378 g/mol. The Morgan fingerprint density at radius 1 is 1.07 bits per heavy atom. The Balaban J connectivity index is 1.72. The average Bonchev–Trinajstić information content (AvgIpc) is 3.38. The fourth-order valence-electron chi connectivity index (χ4n) is 3.11. The molecule has 27 heavy (non-hydrogen) atoms. The smallest absolute Gasteiger partial charge is 0.322 e. The molecule has 0 bridgehead atoms. The molecule has 4 rings (SSSR count). The van der Waals surface area contributed by atoms with Crippen LogP contribution in [0, 0.1) is 19.8 Å². The minimum atomic E-state index is 0.382. The topological polar surface area (TPSA) is 47.9 Å². The summed E-state index contributed by atoms with van der Waals surface area (Å²) in [5.41, 5.74) is 3.98. The van der Waals surface area contributed by atoms with E-state index in [1.54, 1.807) is 11.3 Å². The molecule has 1 aliphatic rings. The molecule has 0 amide bonds. The molecule has 0 spiro atoms. The van der Waals surface area contributed by atoms with Gasteiger partial charge in [0.05, 0.1) is 4.88 Å². The maximum Gasteiger partial charge on any atom is 0.322 e. The van der Waals surface area contributed by atoms with Crippen molar-refractivity contribution in [2.24, 2.45) is 5.92 Å². The molecule has 2 heterocycles. The summed E-state index contributed by atoms with van der Waals surface area (Å²) in [5.74, 6) is 1.25. The van der Waals surface area contributed by atoms with Crippen LogP contribution in [0.15, 0.2) is 42.2 Å². The fourth-order valence-corrected chi connectivity index (χ4v) is 4.59. The molecule has 0 atom stereocenters. The molecular formula is C21H20ClN3OS. The monoisotopic (exact) mass is 397 g/mol. The number of halogens is 1. The number of allylic oxidation sites excluding steroid dienone is 2. The Kier molecular flexibility index (Phi) is 4.98. The van der Waals surface area contributed by atoms with Crippen LogP contribution in [0.25, 0.3) is 16.1 Å². The van der Waals surface area contributed by atoms with Crippen LogP contribution < -0.4 is 4.74 Å². The molecule has 1 fully saturated rings. The van der Waals surface area contributed by atoms with Crippen molar-refractivity contribution < 1.29 is 4.74 Å². The summed E-state index contributed by atoms with van der Waals surface area (Å²) < 4.78 is 6.04. The summed E-state index contributed by atoms with van der Waals surface area (Å²) in [6, 6.07) is 12.4. The molecule has 1 aliphatic carbocycles. The molecule has 138 valence electrons. The Morgan fingerprint density at radius 2 is 1.74 bits per heavy atom. The van der Waals surface area contributed by atoms with Gasteiger partial charge in [0.1, 0.15) is 15.9 Å². The number of hydrogen-bond donors (Lipinski definition) is 0. The third-order valence-electron chi connectivity index (χ3n) is 4.42. The van der Waals surface area contributed by atoms with Crippen molar-refractivity contribution in [2.45, 2.75) is 33.6 Å². The number of ether oxygens (including phenoxy) is 1. The first kappa shape index (κ1) is 18.1. The van der Waals surface area contributed by atoms with Crippen LogP contribution in [0.5, 0.6) is 6.01 Å². The Morgan fingerprint density at radius 3 is 2.37 bits per heavy atom. The summed E-state index contributed by atoms with van der Waals surface area (Å²) in [6.07, 6.45) is 2.28. The fraction of sp³-hybridized carbons (Fsp3) is 0.286. The second kappa shape index (κ2) is 7.41. The van der Waals surface area contributed by atoms with E-state index < -0.39 is 0 Å². The maximum absolute atomic E-state index is 6.54. The highest BCUT2D eigenvalue weighted by Crippen LogP contribution is 2.48. The number of rotatable bonds is 5. The first-order chi connectivity index (χ1) is 13.0. The van der Waals surface area contributed by atoms with Crippen LogP contribution in [0.1, 0.15) is 36.0 Å². The van der Waals surface area contributed by atoms with Crippen LogP contribution in [-0.4, -0.2) is 15.0 Å². The SMILES string of the molecule is CC(Oc1nc(C)cc(C)n1)=C(c1sc(-c2ccccc2)nc1Cl)C1CC1. The number of thiazole rings is 1. The van der Waals surface area contributed by atoms with Gasteiger partial charge in [-0.1, -0.05) is 41.9 Å². The number of aryl methyl sites for hydroxylation is 2. The van der Waals surface area contributed by atoms with Crippen LogP contribution in [-0.2, 0) is 0 Å². The van der Waals surface area contributed by atoms with E-state index in [-0.39, 0.29) is 0 Å². The average molecular weight is 398 g/mol. The van der Waals surface area contributed by atoms with E-state index in [1.807, 2.05) is 57.2 Å². The number of nitrogens with zero attached hydrogens (tertiary/aromatic N) is 3. The van der Waals surface area contributed by atoms with Crippen LogP contribution in [0.3, 0.4) is 0 Å². The van der Waals surface area contributed by atoms with E-state index in [2.05, 4.69) is 15.0 Å². The summed E-state index contributed by atoms with van der Waals surface area (Å²) in [5, 5.41) is 1.45. The Labute approximate surface area is 167 Å². The van der Waals surface area contributed by atoms with Gasteiger partial charge in [-0.25, -0.2) is 15.0 Å². The van der Waals surface area contributed by atoms with Crippen molar-refractivity contribution in [3.63, 3.8) is 0 Å². The Hall–Kier alpha value is -2.24. The lowest BCUT2D eigenvalue weighted by Crippen LogP contribution is -2.03. The van der Waals surface area contributed by atoms with E-state index in [9.17, 15) is 0 Å². The zero-order valence-electron chi connectivity index (χ0n) is 15.5. The molecule has 1 saturated carbocycles. The third-order valence-corrected chi connectivity index (χ3v) is 5.95. The predicted molar refractivity (Wildman–Crippen MR) is 110 cm³/mol. The highest BCUT2D eigenvalue weighted by atomic mass is 35.5. The van der Waals surface area contributed by atoms with Gasteiger partial charge in [-0.2, -0.15) is 0 Å². The van der Waals surface area contributed by atoms with E-state index >= 15 is 0 Å². The van der Waals surface area contributed by atoms with Gasteiger partial charge >= 0.3 is 6.01 Å². The standard InChI is InChI=1S/C21H20ClN3OS/c1-12-11-13(2)24-21(23-12)26-14(3)17(15-9-10-15)18-19(22)25-20(27-18)16-7-5-4-6-8-16/h4-8,11,15H,9-10H2,1-3H3. The van der Waals surface area contributed by atoms with Crippen molar-refractivity contribution in [2.75, 3.05) is 0 Å². The second-order valence-corrected chi connectivity index (χ2v) is 8.14. The number of aromatic nitrogens is 3. The van der Waals surface area contributed by atoms with Gasteiger partial charge < -0.3 is 4.74 Å². The van der Waals surface area contributed by atoms with E-state index in [1.165, 1.54) is 0 Å². The molecule has 6 heteroatoms. The second-order valence-electron chi connectivity index (χ2n) is 6.78. The summed E-state index contributed by atoms with van der Waals surface area (Å²) >= 11 is 8.15. The lowest BCUT2D eigenvalue weighted by Gasteiger charge is -2.11. The van der Waals surface area contributed by atoms with Gasteiger partial charge in [-0.15, -0.1) is 11.3 Å². The molecule has 0 radical (unpaired) electrons. The molecule has 0 N–H and O–H groups in total. The van der Waals surface area contributed by atoms with E-state index in [4.69, 9.17) is 16.3 Å². The molecule has 1 aromatic carbocycles. The zero-order valence-corrected chi connectivity index (χ0v) is 17.1. The molecule has 0 aliphatic heterocycles. The summed E-state index contributed by atoms with van der Waals surface area (Å²) in [4.78, 5) is 14.4. The number of benzene rings is 1.